The standard InChI is InChI=1S/C19H21F3N2OS/c1-12(2)18(13-7-9-14(20)10-8-13)23-11-17(25)24-15-5-3-4-6-16(15)26-19(21)22/h3-10,12,18-19,23H,11H2,1-2H3,(H,24,25). The second-order valence-electron chi connectivity index (χ2n) is 6.08. The van der Waals surface area contributed by atoms with E-state index < -0.39 is 5.76 Å². The lowest BCUT2D eigenvalue weighted by Gasteiger charge is -2.23. The van der Waals surface area contributed by atoms with Gasteiger partial charge in [-0.2, -0.15) is 8.78 Å². The molecule has 0 spiro atoms. The maximum Gasteiger partial charge on any atom is 0.288 e. The minimum absolute atomic E-state index is 0.00784. The van der Waals surface area contributed by atoms with E-state index in [1.165, 1.54) is 18.2 Å². The Kier molecular flexibility index (Phi) is 7.53. The number of halogens is 3. The van der Waals surface area contributed by atoms with Gasteiger partial charge in [0.2, 0.25) is 5.91 Å². The number of anilines is 1. The smallest absolute Gasteiger partial charge is 0.288 e. The summed E-state index contributed by atoms with van der Waals surface area (Å²) in [6, 6.07) is 12.4. The summed E-state index contributed by atoms with van der Waals surface area (Å²) >= 11 is 0.391. The molecule has 2 rings (SSSR count). The zero-order valence-electron chi connectivity index (χ0n) is 14.5. The Bertz CT molecular complexity index is 723. The van der Waals surface area contributed by atoms with Crippen molar-refractivity contribution in [3.63, 3.8) is 0 Å². The third-order valence-corrected chi connectivity index (χ3v) is 4.54. The number of thioether (sulfide) groups is 1. The van der Waals surface area contributed by atoms with E-state index in [2.05, 4.69) is 10.6 Å². The van der Waals surface area contributed by atoms with Crippen molar-refractivity contribution >= 4 is 23.4 Å². The van der Waals surface area contributed by atoms with E-state index >= 15 is 0 Å². The number of carbonyl (C=O) groups is 1. The molecule has 2 aromatic carbocycles. The second kappa shape index (κ2) is 9.64. The number of amides is 1. The van der Waals surface area contributed by atoms with Crippen LogP contribution in [0.15, 0.2) is 53.4 Å². The first-order valence-electron chi connectivity index (χ1n) is 8.19. The van der Waals surface area contributed by atoms with Crippen LogP contribution in [0.2, 0.25) is 0 Å². The van der Waals surface area contributed by atoms with Crippen molar-refractivity contribution in [3.05, 3.63) is 59.9 Å². The van der Waals surface area contributed by atoms with E-state index in [9.17, 15) is 18.0 Å². The molecular formula is C19H21F3N2OS. The first-order chi connectivity index (χ1) is 12.4. The number of benzene rings is 2. The number of hydrogen-bond acceptors (Lipinski definition) is 3. The topological polar surface area (TPSA) is 41.1 Å². The van der Waals surface area contributed by atoms with E-state index in [0.29, 0.717) is 22.3 Å². The highest BCUT2D eigenvalue weighted by Crippen LogP contribution is 2.31. The molecule has 0 heterocycles. The fourth-order valence-electron chi connectivity index (χ4n) is 2.57. The first kappa shape index (κ1) is 20.3. The van der Waals surface area contributed by atoms with E-state index in [-0.39, 0.29) is 30.2 Å². The summed E-state index contributed by atoms with van der Waals surface area (Å²) in [5, 5.41) is 5.80. The molecule has 0 aliphatic heterocycles. The molecule has 0 bridgehead atoms. The van der Waals surface area contributed by atoms with Gasteiger partial charge in [0.15, 0.2) is 0 Å². The van der Waals surface area contributed by atoms with Gasteiger partial charge < -0.3 is 10.6 Å². The van der Waals surface area contributed by atoms with E-state index in [0.717, 1.165) is 5.56 Å². The molecule has 0 saturated carbocycles. The summed E-state index contributed by atoms with van der Waals surface area (Å²) in [7, 11) is 0. The van der Waals surface area contributed by atoms with Crippen molar-refractivity contribution in [1.82, 2.24) is 5.32 Å². The molecular weight excluding hydrogens is 361 g/mol. The van der Waals surface area contributed by atoms with E-state index in [4.69, 9.17) is 0 Å². The number of para-hydroxylation sites is 1. The number of hydrogen-bond donors (Lipinski definition) is 2. The minimum Gasteiger partial charge on any atom is -0.324 e. The second-order valence-corrected chi connectivity index (χ2v) is 7.11. The van der Waals surface area contributed by atoms with Crippen molar-refractivity contribution in [2.24, 2.45) is 5.92 Å². The molecule has 26 heavy (non-hydrogen) atoms. The number of carbonyl (C=O) groups excluding carboxylic acids is 1. The maximum absolute atomic E-state index is 13.1. The molecule has 0 fully saturated rings. The van der Waals surface area contributed by atoms with Gasteiger partial charge >= 0.3 is 0 Å². The van der Waals surface area contributed by atoms with Gasteiger partial charge in [-0.3, -0.25) is 4.79 Å². The van der Waals surface area contributed by atoms with Gasteiger partial charge in [-0.15, -0.1) is 0 Å². The highest BCUT2D eigenvalue weighted by molar-refractivity contribution is 7.99. The van der Waals surface area contributed by atoms with Crippen molar-refractivity contribution in [3.8, 4) is 0 Å². The van der Waals surface area contributed by atoms with Crippen LogP contribution < -0.4 is 10.6 Å². The summed E-state index contributed by atoms with van der Waals surface area (Å²) in [5.74, 6) is -3.04. The molecule has 0 saturated heterocycles. The average molecular weight is 382 g/mol. The molecule has 0 radical (unpaired) electrons. The Morgan fingerprint density at radius 1 is 1.08 bits per heavy atom. The highest BCUT2D eigenvalue weighted by atomic mass is 32.2. The van der Waals surface area contributed by atoms with Gasteiger partial charge in [0.05, 0.1) is 12.2 Å². The van der Waals surface area contributed by atoms with E-state index in [1.54, 1.807) is 30.3 Å². The highest BCUT2D eigenvalue weighted by Gasteiger charge is 2.17. The monoisotopic (exact) mass is 382 g/mol. The zero-order valence-corrected chi connectivity index (χ0v) is 15.3. The Hall–Kier alpha value is -1.99. The fraction of sp³-hybridized carbons (Fsp3) is 0.316. The molecule has 1 atom stereocenters. The van der Waals surface area contributed by atoms with Crippen LogP contribution in [-0.2, 0) is 4.79 Å². The number of rotatable bonds is 8. The minimum atomic E-state index is -2.56. The molecule has 3 nitrogen and oxygen atoms in total. The lowest BCUT2D eigenvalue weighted by Crippen LogP contribution is -2.33. The number of alkyl halides is 2. The molecule has 0 aliphatic rings. The van der Waals surface area contributed by atoms with Gasteiger partial charge in [-0.25, -0.2) is 4.39 Å². The van der Waals surface area contributed by atoms with Crippen LogP contribution in [0.3, 0.4) is 0 Å². The zero-order chi connectivity index (χ0) is 19.1. The maximum atomic E-state index is 13.1. The Labute approximate surface area is 155 Å². The quantitative estimate of drug-likeness (QED) is 0.627. The Morgan fingerprint density at radius 3 is 2.35 bits per heavy atom. The van der Waals surface area contributed by atoms with Crippen LogP contribution in [0.25, 0.3) is 0 Å². The summed E-state index contributed by atoms with van der Waals surface area (Å²) in [6.07, 6.45) is 0. The van der Waals surface area contributed by atoms with E-state index in [1.807, 2.05) is 13.8 Å². The third-order valence-electron chi connectivity index (χ3n) is 3.76. The van der Waals surface area contributed by atoms with Gasteiger partial charge in [0.1, 0.15) is 5.82 Å². The summed E-state index contributed by atoms with van der Waals surface area (Å²) in [4.78, 5) is 12.5. The predicted molar refractivity (Wildman–Crippen MR) is 98.9 cm³/mol. The summed E-state index contributed by atoms with van der Waals surface area (Å²) in [6.45, 7) is 3.99. The lowest BCUT2D eigenvalue weighted by molar-refractivity contribution is -0.115. The van der Waals surface area contributed by atoms with Crippen LogP contribution in [0.1, 0.15) is 25.5 Å². The third kappa shape index (κ3) is 6.07. The van der Waals surface area contributed by atoms with Crippen molar-refractivity contribution in [1.29, 1.82) is 0 Å². The lowest BCUT2D eigenvalue weighted by atomic mass is 9.96. The van der Waals surface area contributed by atoms with Crippen molar-refractivity contribution in [2.75, 3.05) is 11.9 Å². The molecule has 0 aromatic heterocycles. The summed E-state index contributed by atoms with van der Waals surface area (Å²) < 4.78 is 38.3. The predicted octanol–water partition coefficient (Wildman–Crippen LogP) is 5.07. The first-order valence-corrected chi connectivity index (χ1v) is 9.07. The molecule has 1 amide bonds. The number of nitrogens with one attached hydrogen (secondary N) is 2. The Morgan fingerprint density at radius 2 is 1.73 bits per heavy atom. The largest absolute Gasteiger partial charge is 0.324 e. The normalized spacial score (nSPS) is 12.4. The van der Waals surface area contributed by atoms with Gasteiger partial charge in [-0.05, 0) is 35.7 Å². The molecule has 2 aromatic rings. The molecule has 0 aliphatic carbocycles. The van der Waals surface area contributed by atoms with Crippen LogP contribution in [0.5, 0.6) is 0 Å². The van der Waals surface area contributed by atoms with Gasteiger partial charge in [-0.1, -0.05) is 49.9 Å². The molecule has 1 unspecified atom stereocenters. The van der Waals surface area contributed by atoms with Gasteiger partial charge in [0, 0.05) is 10.9 Å². The molecule has 2 N–H and O–H groups in total. The van der Waals surface area contributed by atoms with Crippen molar-refractivity contribution in [2.45, 2.75) is 30.5 Å². The van der Waals surface area contributed by atoms with Crippen molar-refractivity contribution < 1.29 is 18.0 Å². The Balaban J connectivity index is 2.00. The van der Waals surface area contributed by atoms with Crippen LogP contribution in [0, 0.1) is 11.7 Å². The van der Waals surface area contributed by atoms with Crippen LogP contribution in [0.4, 0.5) is 18.9 Å². The molecule has 7 heteroatoms. The molecule has 140 valence electrons. The van der Waals surface area contributed by atoms with Crippen LogP contribution in [-0.4, -0.2) is 18.2 Å². The summed E-state index contributed by atoms with van der Waals surface area (Å²) in [5.41, 5.74) is 1.23. The van der Waals surface area contributed by atoms with Crippen LogP contribution >= 0.6 is 11.8 Å². The van der Waals surface area contributed by atoms with Gasteiger partial charge in [0.25, 0.3) is 5.76 Å². The average Bonchev–Trinajstić information content (AvgIpc) is 2.57. The fourth-order valence-corrected chi connectivity index (χ4v) is 3.17. The SMILES string of the molecule is CC(C)C(NCC(=O)Nc1ccccc1SC(F)F)c1ccc(F)cc1.